The monoisotopic (exact) mass is 190 g/mol. The largest absolute Gasteiger partial charge is 0.297 e. The Labute approximate surface area is 78.5 Å². The molecule has 0 amide bonds. The van der Waals surface area contributed by atoms with Crippen molar-refractivity contribution >= 4 is 27.7 Å². The molecule has 0 unspecified atom stereocenters. The van der Waals surface area contributed by atoms with E-state index in [1.54, 1.807) is 6.07 Å². The number of carbonyl (C=O) groups is 1. The van der Waals surface area contributed by atoms with Crippen LogP contribution < -0.4 is 5.43 Å². The summed E-state index contributed by atoms with van der Waals surface area (Å²) >= 11 is 1.33. The maximum absolute atomic E-state index is 11.4. The van der Waals surface area contributed by atoms with Crippen molar-refractivity contribution in [2.75, 3.05) is 0 Å². The number of hydrogen-bond donors (Lipinski definition) is 0. The number of carbonyl (C=O) groups excluding carboxylic acids is 1. The molecule has 2 rings (SSSR count). The quantitative estimate of drug-likeness (QED) is 0.645. The van der Waals surface area contributed by atoms with Crippen LogP contribution in [0.15, 0.2) is 35.1 Å². The summed E-state index contributed by atoms with van der Waals surface area (Å²) in [4.78, 5) is 22.4. The van der Waals surface area contributed by atoms with Gasteiger partial charge in [0.05, 0.1) is 4.88 Å². The smallest absolute Gasteiger partial charge is 0.188 e. The number of fused-ring (bicyclic) bond motifs is 1. The highest BCUT2D eigenvalue weighted by atomic mass is 32.1. The minimum atomic E-state index is -0.0866. The van der Waals surface area contributed by atoms with Gasteiger partial charge in [-0.05, 0) is 12.1 Å². The van der Waals surface area contributed by atoms with E-state index in [0.717, 1.165) is 4.70 Å². The number of hydrogen-bond acceptors (Lipinski definition) is 3. The second-order valence-corrected chi connectivity index (χ2v) is 3.74. The van der Waals surface area contributed by atoms with Gasteiger partial charge in [0.25, 0.3) is 0 Å². The first-order valence-corrected chi connectivity index (χ1v) is 4.61. The van der Waals surface area contributed by atoms with Crippen molar-refractivity contribution in [1.82, 2.24) is 0 Å². The van der Waals surface area contributed by atoms with E-state index in [1.165, 1.54) is 17.4 Å². The highest BCUT2D eigenvalue weighted by Gasteiger charge is 2.00. The molecule has 1 aromatic heterocycles. The van der Waals surface area contributed by atoms with E-state index in [-0.39, 0.29) is 5.43 Å². The Morgan fingerprint density at radius 2 is 2.00 bits per heavy atom. The SMILES string of the molecule is O=Cc1cc(=O)c2ccccc2s1. The summed E-state index contributed by atoms with van der Waals surface area (Å²) in [5, 5.41) is 0.679. The van der Waals surface area contributed by atoms with Crippen molar-refractivity contribution in [3.63, 3.8) is 0 Å². The van der Waals surface area contributed by atoms with Crippen molar-refractivity contribution in [2.24, 2.45) is 0 Å². The molecule has 0 atom stereocenters. The minimum Gasteiger partial charge on any atom is -0.297 e. The van der Waals surface area contributed by atoms with Gasteiger partial charge in [-0.15, -0.1) is 11.3 Å². The van der Waals surface area contributed by atoms with Gasteiger partial charge in [0, 0.05) is 16.2 Å². The van der Waals surface area contributed by atoms with Crippen LogP contribution in [0.4, 0.5) is 0 Å². The molecule has 3 heteroatoms. The van der Waals surface area contributed by atoms with E-state index in [9.17, 15) is 9.59 Å². The van der Waals surface area contributed by atoms with Gasteiger partial charge in [-0.3, -0.25) is 9.59 Å². The Morgan fingerprint density at radius 3 is 2.77 bits per heavy atom. The molecule has 2 aromatic rings. The number of benzene rings is 1. The lowest BCUT2D eigenvalue weighted by atomic mass is 10.2. The van der Waals surface area contributed by atoms with E-state index in [1.807, 2.05) is 18.2 Å². The summed E-state index contributed by atoms with van der Waals surface area (Å²) < 4.78 is 0.858. The molecular formula is C10H6O2S. The predicted octanol–water partition coefficient (Wildman–Crippen LogP) is 2.07. The third-order valence-electron chi connectivity index (χ3n) is 1.77. The molecule has 0 aliphatic carbocycles. The van der Waals surface area contributed by atoms with Crippen LogP contribution in [-0.4, -0.2) is 6.29 Å². The molecule has 0 spiro atoms. The first-order chi connectivity index (χ1) is 6.31. The van der Waals surface area contributed by atoms with Crippen LogP contribution in [-0.2, 0) is 0 Å². The zero-order valence-corrected chi connectivity index (χ0v) is 7.51. The van der Waals surface area contributed by atoms with E-state index in [4.69, 9.17) is 0 Å². The van der Waals surface area contributed by atoms with Gasteiger partial charge in [0.15, 0.2) is 11.7 Å². The van der Waals surface area contributed by atoms with Gasteiger partial charge < -0.3 is 0 Å². The van der Waals surface area contributed by atoms with Crippen molar-refractivity contribution in [3.05, 3.63) is 45.4 Å². The molecule has 0 saturated heterocycles. The summed E-state index contributed by atoms with van der Waals surface area (Å²) in [5.74, 6) is 0. The summed E-state index contributed by atoms with van der Waals surface area (Å²) in [7, 11) is 0. The third-order valence-corrected chi connectivity index (χ3v) is 2.80. The van der Waals surface area contributed by atoms with Crippen molar-refractivity contribution < 1.29 is 4.79 Å². The van der Waals surface area contributed by atoms with Crippen LogP contribution in [0.25, 0.3) is 10.1 Å². The maximum Gasteiger partial charge on any atom is 0.188 e. The molecule has 0 N–H and O–H groups in total. The molecule has 0 aliphatic rings. The molecule has 2 nitrogen and oxygen atoms in total. The van der Waals surface area contributed by atoms with Crippen LogP contribution in [0, 0.1) is 0 Å². The lowest BCUT2D eigenvalue weighted by Gasteiger charge is -1.94. The fourth-order valence-corrected chi connectivity index (χ4v) is 2.07. The highest BCUT2D eigenvalue weighted by molar-refractivity contribution is 7.19. The van der Waals surface area contributed by atoms with Crippen LogP contribution in [0.5, 0.6) is 0 Å². The molecule has 1 aromatic carbocycles. The third kappa shape index (κ3) is 1.38. The Kier molecular flexibility index (Phi) is 1.94. The molecule has 1 heterocycles. The first kappa shape index (κ1) is 8.13. The predicted molar refractivity (Wildman–Crippen MR) is 53.5 cm³/mol. The average Bonchev–Trinajstić information content (AvgIpc) is 2.18. The molecule has 0 aliphatic heterocycles. The second kappa shape index (κ2) is 3.11. The van der Waals surface area contributed by atoms with Gasteiger partial charge in [-0.2, -0.15) is 0 Å². The minimum absolute atomic E-state index is 0.0866. The Hall–Kier alpha value is -1.48. The van der Waals surface area contributed by atoms with Gasteiger partial charge in [0.2, 0.25) is 0 Å². The second-order valence-electron chi connectivity index (χ2n) is 2.63. The van der Waals surface area contributed by atoms with E-state index in [2.05, 4.69) is 0 Å². The van der Waals surface area contributed by atoms with Crippen LogP contribution in [0.2, 0.25) is 0 Å². The topological polar surface area (TPSA) is 34.1 Å². The van der Waals surface area contributed by atoms with Gasteiger partial charge in [-0.25, -0.2) is 0 Å². The fourth-order valence-electron chi connectivity index (χ4n) is 1.18. The molecule has 0 fully saturated rings. The van der Waals surface area contributed by atoms with Crippen LogP contribution in [0.3, 0.4) is 0 Å². The van der Waals surface area contributed by atoms with E-state index < -0.39 is 0 Å². The lowest BCUT2D eigenvalue weighted by Crippen LogP contribution is -1.99. The summed E-state index contributed by atoms with van der Waals surface area (Å²) in [5.41, 5.74) is -0.0866. The zero-order chi connectivity index (χ0) is 9.26. The number of aldehydes is 1. The Balaban J connectivity index is 2.92. The van der Waals surface area contributed by atoms with Crippen LogP contribution in [0.1, 0.15) is 9.67 Å². The summed E-state index contributed by atoms with van der Waals surface area (Å²) in [6, 6.07) is 8.65. The van der Waals surface area contributed by atoms with Crippen molar-refractivity contribution in [3.8, 4) is 0 Å². The fraction of sp³-hybridized carbons (Fsp3) is 0. The zero-order valence-electron chi connectivity index (χ0n) is 6.69. The summed E-state index contributed by atoms with van der Waals surface area (Å²) in [6.07, 6.45) is 0.707. The summed E-state index contributed by atoms with van der Waals surface area (Å²) in [6.45, 7) is 0. The van der Waals surface area contributed by atoms with E-state index >= 15 is 0 Å². The molecule has 64 valence electrons. The van der Waals surface area contributed by atoms with Crippen LogP contribution >= 0.6 is 11.3 Å². The standard InChI is InChI=1S/C10H6O2S/c11-6-7-5-9(12)8-3-1-2-4-10(8)13-7/h1-6H. The molecular weight excluding hydrogens is 184 g/mol. The van der Waals surface area contributed by atoms with Crippen molar-refractivity contribution in [1.29, 1.82) is 0 Å². The molecule has 13 heavy (non-hydrogen) atoms. The highest BCUT2D eigenvalue weighted by Crippen LogP contribution is 2.16. The molecule has 0 radical (unpaired) electrons. The van der Waals surface area contributed by atoms with E-state index in [0.29, 0.717) is 16.5 Å². The molecule has 0 bridgehead atoms. The Bertz CT molecular complexity index is 514. The lowest BCUT2D eigenvalue weighted by molar-refractivity contribution is 0.112. The van der Waals surface area contributed by atoms with Crippen molar-refractivity contribution in [2.45, 2.75) is 0 Å². The average molecular weight is 190 g/mol. The maximum atomic E-state index is 11.4. The number of rotatable bonds is 1. The van der Waals surface area contributed by atoms with Gasteiger partial charge in [0.1, 0.15) is 0 Å². The Morgan fingerprint density at radius 1 is 1.23 bits per heavy atom. The van der Waals surface area contributed by atoms with Gasteiger partial charge >= 0.3 is 0 Å². The normalized spacial score (nSPS) is 10.2. The molecule has 0 saturated carbocycles. The van der Waals surface area contributed by atoms with Gasteiger partial charge in [-0.1, -0.05) is 12.1 Å². The first-order valence-electron chi connectivity index (χ1n) is 3.79.